The third kappa shape index (κ3) is 4.41. The van der Waals surface area contributed by atoms with Gasteiger partial charge in [-0.25, -0.2) is 9.78 Å². The number of benzene rings is 1. The fourth-order valence-corrected chi connectivity index (χ4v) is 2.43. The average Bonchev–Trinajstić information content (AvgIpc) is 2.95. The second kappa shape index (κ2) is 7.72. The molecule has 0 fully saturated rings. The summed E-state index contributed by atoms with van der Waals surface area (Å²) in [5.74, 6) is -0.865. The highest BCUT2D eigenvalue weighted by molar-refractivity contribution is 7.14. The Hall–Kier alpha value is -2.18. The van der Waals surface area contributed by atoms with Crippen LogP contribution in [0.25, 0.3) is 6.08 Å². The van der Waals surface area contributed by atoms with Gasteiger partial charge in [-0.15, -0.1) is 11.3 Å². The van der Waals surface area contributed by atoms with Crippen LogP contribution in [-0.2, 0) is 9.53 Å². The van der Waals surface area contributed by atoms with Crippen LogP contribution >= 0.6 is 22.9 Å². The van der Waals surface area contributed by atoms with Crippen molar-refractivity contribution in [3.05, 3.63) is 52.0 Å². The number of halogens is 1. The number of carbonyl (C=O) groups excluding carboxylic acids is 2. The Bertz CT molecular complexity index is 712. The summed E-state index contributed by atoms with van der Waals surface area (Å²) in [6.45, 7) is 1.99. The molecule has 2 aromatic rings. The Morgan fingerprint density at radius 2 is 2.18 bits per heavy atom. The van der Waals surface area contributed by atoms with E-state index in [1.54, 1.807) is 25.1 Å². The molecule has 7 heteroatoms. The van der Waals surface area contributed by atoms with Crippen molar-refractivity contribution in [1.82, 2.24) is 4.98 Å². The molecule has 0 unspecified atom stereocenters. The molecular formula is C15H13ClN2O3S. The van der Waals surface area contributed by atoms with Crippen LogP contribution in [0.5, 0.6) is 0 Å². The SMILES string of the molecule is CCOC(=O)c1csc(NC(=O)C=Cc2ccccc2Cl)n1. The predicted molar refractivity (Wildman–Crippen MR) is 87.2 cm³/mol. The molecule has 5 nitrogen and oxygen atoms in total. The number of rotatable bonds is 5. The third-order valence-corrected chi connectivity index (χ3v) is 3.64. The van der Waals surface area contributed by atoms with Crippen LogP contribution in [0.3, 0.4) is 0 Å². The number of ether oxygens (including phenoxy) is 1. The Morgan fingerprint density at radius 1 is 1.41 bits per heavy atom. The highest BCUT2D eigenvalue weighted by atomic mass is 35.5. The minimum absolute atomic E-state index is 0.178. The predicted octanol–water partition coefficient (Wildman–Crippen LogP) is 3.63. The highest BCUT2D eigenvalue weighted by Crippen LogP contribution is 2.18. The molecule has 1 N–H and O–H groups in total. The molecule has 0 aliphatic rings. The molecule has 0 aliphatic heterocycles. The average molecular weight is 337 g/mol. The van der Waals surface area contributed by atoms with Crippen LogP contribution in [0.1, 0.15) is 23.0 Å². The summed E-state index contributed by atoms with van der Waals surface area (Å²) in [4.78, 5) is 27.3. The first-order chi connectivity index (χ1) is 10.6. The highest BCUT2D eigenvalue weighted by Gasteiger charge is 2.12. The van der Waals surface area contributed by atoms with Crippen molar-refractivity contribution in [2.45, 2.75) is 6.92 Å². The van der Waals surface area contributed by atoms with Crippen molar-refractivity contribution in [2.75, 3.05) is 11.9 Å². The number of anilines is 1. The minimum atomic E-state index is -0.508. The van der Waals surface area contributed by atoms with E-state index in [0.717, 1.165) is 16.9 Å². The van der Waals surface area contributed by atoms with Crippen molar-refractivity contribution in [3.63, 3.8) is 0 Å². The number of amides is 1. The molecule has 0 aliphatic carbocycles. The quantitative estimate of drug-likeness (QED) is 0.668. The van der Waals surface area contributed by atoms with Gasteiger partial charge in [0.05, 0.1) is 6.61 Å². The van der Waals surface area contributed by atoms with E-state index in [2.05, 4.69) is 10.3 Å². The van der Waals surface area contributed by atoms with Crippen molar-refractivity contribution in [2.24, 2.45) is 0 Å². The van der Waals surface area contributed by atoms with Gasteiger partial charge >= 0.3 is 5.97 Å². The fraction of sp³-hybridized carbons (Fsp3) is 0.133. The van der Waals surface area contributed by atoms with Crippen LogP contribution in [0, 0.1) is 0 Å². The summed E-state index contributed by atoms with van der Waals surface area (Å²) >= 11 is 7.14. The first-order valence-electron chi connectivity index (χ1n) is 6.46. The first-order valence-corrected chi connectivity index (χ1v) is 7.72. The molecule has 2 rings (SSSR count). The van der Waals surface area contributed by atoms with E-state index in [1.165, 1.54) is 11.5 Å². The molecule has 114 valence electrons. The zero-order chi connectivity index (χ0) is 15.9. The van der Waals surface area contributed by atoms with Crippen molar-refractivity contribution >= 4 is 46.0 Å². The molecule has 0 saturated heterocycles. The zero-order valence-corrected chi connectivity index (χ0v) is 13.3. The van der Waals surface area contributed by atoms with Gasteiger partial charge in [0.25, 0.3) is 0 Å². The van der Waals surface area contributed by atoms with E-state index in [9.17, 15) is 9.59 Å². The normalized spacial score (nSPS) is 10.6. The Kier molecular flexibility index (Phi) is 5.68. The minimum Gasteiger partial charge on any atom is -0.461 e. The summed E-state index contributed by atoms with van der Waals surface area (Å²) < 4.78 is 4.83. The summed E-state index contributed by atoms with van der Waals surface area (Å²) in [5, 5.41) is 5.00. The zero-order valence-electron chi connectivity index (χ0n) is 11.7. The van der Waals surface area contributed by atoms with Gasteiger partial charge in [0.15, 0.2) is 10.8 Å². The Morgan fingerprint density at radius 3 is 2.91 bits per heavy atom. The van der Waals surface area contributed by atoms with E-state index in [-0.39, 0.29) is 18.2 Å². The topological polar surface area (TPSA) is 68.3 Å². The molecular weight excluding hydrogens is 324 g/mol. The smallest absolute Gasteiger partial charge is 0.357 e. The molecule has 1 amide bonds. The van der Waals surface area contributed by atoms with Gasteiger partial charge in [-0.2, -0.15) is 0 Å². The fourth-order valence-electron chi connectivity index (χ4n) is 1.55. The Labute approximate surface area is 136 Å². The van der Waals surface area contributed by atoms with Crippen LogP contribution in [0.4, 0.5) is 5.13 Å². The third-order valence-electron chi connectivity index (χ3n) is 2.54. The molecule has 1 aromatic carbocycles. The maximum absolute atomic E-state index is 11.8. The molecule has 0 bridgehead atoms. The number of nitrogens with zero attached hydrogens (tertiary/aromatic N) is 1. The van der Waals surface area contributed by atoms with Gasteiger partial charge < -0.3 is 4.74 Å². The standard InChI is InChI=1S/C15H13ClN2O3S/c1-2-21-14(20)12-9-22-15(17-12)18-13(19)8-7-10-5-3-4-6-11(10)16/h3-9H,2H2,1H3,(H,17,18,19). The number of hydrogen-bond donors (Lipinski definition) is 1. The number of aromatic nitrogens is 1. The molecule has 0 spiro atoms. The maximum atomic E-state index is 11.8. The summed E-state index contributed by atoms with van der Waals surface area (Å²) in [6, 6.07) is 7.18. The Balaban J connectivity index is 1.98. The summed E-state index contributed by atoms with van der Waals surface area (Å²) in [7, 11) is 0. The van der Waals surface area contributed by atoms with E-state index in [4.69, 9.17) is 16.3 Å². The maximum Gasteiger partial charge on any atom is 0.357 e. The van der Waals surface area contributed by atoms with Gasteiger partial charge in [-0.1, -0.05) is 29.8 Å². The van der Waals surface area contributed by atoms with Crippen LogP contribution in [-0.4, -0.2) is 23.5 Å². The van der Waals surface area contributed by atoms with Crippen LogP contribution < -0.4 is 5.32 Å². The van der Waals surface area contributed by atoms with Gasteiger partial charge in [0, 0.05) is 16.5 Å². The molecule has 1 heterocycles. The lowest BCUT2D eigenvalue weighted by Gasteiger charge is -1.98. The number of hydrogen-bond acceptors (Lipinski definition) is 5. The molecule has 1 aromatic heterocycles. The van der Waals surface area contributed by atoms with E-state index in [0.29, 0.717) is 10.2 Å². The number of esters is 1. The van der Waals surface area contributed by atoms with Gasteiger partial charge in [-0.05, 0) is 24.6 Å². The molecule has 0 radical (unpaired) electrons. The van der Waals surface area contributed by atoms with Gasteiger partial charge in [0.1, 0.15) is 0 Å². The monoisotopic (exact) mass is 336 g/mol. The lowest BCUT2D eigenvalue weighted by molar-refractivity contribution is -0.111. The van der Waals surface area contributed by atoms with E-state index >= 15 is 0 Å². The largest absolute Gasteiger partial charge is 0.461 e. The lowest BCUT2D eigenvalue weighted by atomic mass is 10.2. The van der Waals surface area contributed by atoms with Gasteiger partial charge in [-0.3, -0.25) is 10.1 Å². The number of carbonyl (C=O) groups is 2. The second-order valence-corrected chi connectivity index (χ2v) is 5.37. The first kappa shape index (κ1) is 16.2. The van der Waals surface area contributed by atoms with Crippen molar-refractivity contribution < 1.29 is 14.3 Å². The van der Waals surface area contributed by atoms with Crippen molar-refractivity contribution in [3.8, 4) is 0 Å². The lowest BCUT2D eigenvalue weighted by Crippen LogP contribution is -2.09. The van der Waals surface area contributed by atoms with Crippen molar-refractivity contribution in [1.29, 1.82) is 0 Å². The van der Waals surface area contributed by atoms with Gasteiger partial charge in [0.2, 0.25) is 5.91 Å². The second-order valence-electron chi connectivity index (χ2n) is 4.10. The molecule has 0 atom stereocenters. The van der Waals surface area contributed by atoms with Crippen LogP contribution in [0.2, 0.25) is 5.02 Å². The number of thiazole rings is 1. The summed E-state index contributed by atoms with van der Waals surface area (Å²) in [6.07, 6.45) is 2.96. The molecule has 0 saturated carbocycles. The van der Waals surface area contributed by atoms with Crippen LogP contribution in [0.15, 0.2) is 35.7 Å². The summed E-state index contributed by atoms with van der Waals surface area (Å²) in [5.41, 5.74) is 0.919. The van der Waals surface area contributed by atoms with E-state index in [1.807, 2.05) is 12.1 Å². The number of nitrogens with one attached hydrogen (secondary N) is 1. The molecule has 22 heavy (non-hydrogen) atoms. The van der Waals surface area contributed by atoms with E-state index < -0.39 is 5.97 Å².